The van der Waals surface area contributed by atoms with Crippen LogP contribution in [0.1, 0.15) is 47.3 Å². The minimum Gasteiger partial charge on any atom is -0.352 e. The number of aromatic nitrogens is 2. The molecule has 1 aromatic heterocycles. The largest absolute Gasteiger partial charge is 0.434 e. The summed E-state index contributed by atoms with van der Waals surface area (Å²) < 4.78 is 40.3. The molecule has 0 spiro atoms. The maximum atomic E-state index is 13.4. The van der Waals surface area contributed by atoms with Gasteiger partial charge in [0.2, 0.25) is 5.95 Å². The Morgan fingerprint density at radius 2 is 2.04 bits per heavy atom. The van der Waals surface area contributed by atoms with Gasteiger partial charge >= 0.3 is 6.18 Å². The molecule has 2 N–H and O–H groups in total. The van der Waals surface area contributed by atoms with Crippen LogP contribution in [-0.2, 0) is 6.18 Å². The second-order valence-corrected chi connectivity index (χ2v) is 6.63. The van der Waals surface area contributed by atoms with Crippen molar-refractivity contribution in [1.82, 2.24) is 15.3 Å². The number of nitrogens with one attached hydrogen (secondary N) is 2. The van der Waals surface area contributed by atoms with Crippen molar-refractivity contribution in [2.45, 2.75) is 31.9 Å². The number of rotatable bonds is 5. The van der Waals surface area contributed by atoms with Gasteiger partial charge in [-0.1, -0.05) is 18.9 Å². The maximum absolute atomic E-state index is 13.4. The molecule has 2 aromatic rings. The summed E-state index contributed by atoms with van der Waals surface area (Å²) in [5, 5.41) is 14.1. The Bertz CT molecular complexity index is 901. The molecule has 0 radical (unpaired) electrons. The molecule has 1 amide bonds. The number of hydrogen-bond acceptors (Lipinski definition) is 5. The third-order valence-electron chi connectivity index (χ3n) is 4.58. The van der Waals surface area contributed by atoms with E-state index in [4.69, 9.17) is 5.26 Å². The van der Waals surface area contributed by atoms with Gasteiger partial charge in [-0.2, -0.15) is 18.4 Å². The molecule has 1 aliphatic carbocycles. The van der Waals surface area contributed by atoms with Gasteiger partial charge in [0.15, 0.2) is 5.69 Å². The highest BCUT2D eigenvalue weighted by Gasteiger charge is 2.38. The lowest BCUT2D eigenvalue weighted by atomic mass is 10.1. The second-order valence-electron chi connectivity index (χ2n) is 6.63. The van der Waals surface area contributed by atoms with Crippen LogP contribution in [0.25, 0.3) is 0 Å². The van der Waals surface area contributed by atoms with E-state index in [0.29, 0.717) is 23.7 Å². The number of anilines is 2. The maximum Gasteiger partial charge on any atom is 0.434 e. The minimum absolute atomic E-state index is 0.299. The molecule has 0 bridgehead atoms. The molecule has 1 heterocycles. The lowest BCUT2D eigenvalue weighted by molar-refractivity contribution is -0.141. The molecule has 9 heteroatoms. The van der Waals surface area contributed by atoms with E-state index < -0.39 is 23.3 Å². The average Bonchev–Trinajstić information content (AvgIpc) is 3.19. The molecule has 0 unspecified atom stereocenters. The van der Waals surface area contributed by atoms with Gasteiger partial charge in [-0.15, -0.1) is 0 Å². The van der Waals surface area contributed by atoms with Crippen molar-refractivity contribution in [2.75, 3.05) is 11.9 Å². The summed E-state index contributed by atoms with van der Waals surface area (Å²) in [6.07, 6.45) is 0.140. The second kappa shape index (κ2) is 8.25. The predicted octanol–water partition coefficient (Wildman–Crippen LogP) is 4.03. The summed E-state index contributed by atoms with van der Waals surface area (Å²) in [6, 6.07) is 8.10. The molecule has 0 atom stereocenters. The normalized spacial score (nSPS) is 14.5. The van der Waals surface area contributed by atoms with E-state index in [9.17, 15) is 18.0 Å². The van der Waals surface area contributed by atoms with E-state index in [2.05, 4.69) is 20.6 Å². The van der Waals surface area contributed by atoms with Crippen LogP contribution in [0.5, 0.6) is 0 Å². The smallest absolute Gasteiger partial charge is 0.352 e. The van der Waals surface area contributed by atoms with E-state index in [0.717, 1.165) is 31.9 Å². The Balaban J connectivity index is 1.81. The van der Waals surface area contributed by atoms with Crippen molar-refractivity contribution in [3.8, 4) is 6.07 Å². The van der Waals surface area contributed by atoms with E-state index in [-0.39, 0.29) is 5.95 Å². The lowest BCUT2D eigenvalue weighted by Crippen LogP contribution is -2.31. The van der Waals surface area contributed by atoms with Crippen LogP contribution in [-0.4, -0.2) is 22.4 Å². The number of halogens is 3. The van der Waals surface area contributed by atoms with Crippen LogP contribution in [0.2, 0.25) is 0 Å². The molecule has 0 aliphatic heterocycles. The highest BCUT2D eigenvalue weighted by atomic mass is 19.4. The lowest BCUT2D eigenvalue weighted by Gasteiger charge is -2.15. The zero-order chi connectivity index (χ0) is 20.1. The van der Waals surface area contributed by atoms with Crippen molar-refractivity contribution in [3.63, 3.8) is 0 Å². The molecular weight excluding hydrogens is 371 g/mol. The van der Waals surface area contributed by atoms with Crippen LogP contribution in [0.4, 0.5) is 24.8 Å². The van der Waals surface area contributed by atoms with E-state index in [1.54, 1.807) is 18.2 Å². The fourth-order valence-corrected chi connectivity index (χ4v) is 3.17. The van der Waals surface area contributed by atoms with Gasteiger partial charge in [0.05, 0.1) is 17.2 Å². The number of carbonyl (C=O) groups is 1. The highest BCUT2D eigenvalue weighted by Crippen LogP contribution is 2.31. The zero-order valence-electron chi connectivity index (χ0n) is 14.9. The van der Waals surface area contributed by atoms with Crippen LogP contribution in [0, 0.1) is 17.2 Å². The Labute approximate surface area is 159 Å². The van der Waals surface area contributed by atoms with Crippen molar-refractivity contribution in [2.24, 2.45) is 5.92 Å². The Morgan fingerprint density at radius 1 is 1.29 bits per heavy atom. The van der Waals surface area contributed by atoms with Crippen LogP contribution >= 0.6 is 0 Å². The molecule has 6 nitrogen and oxygen atoms in total. The topological polar surface area (TPSA) is 90.7 Å². The van der Waals surface area contributed by atoms with E-state index in [1.165, 1.54) is 6.07 Å². The third-order valence-corrected chi connectivity index (χ3v) is 4.58. The van der Waals surface area contributed by atoms with Gasteiger partial charge in [-0.3, -0.25) is 4.79 Å². The molecule has 146 valence electrons. The molecule has 3 rings (SSSR count). The summed E-state index contributed by atoms with van der Waals surface area (Å²) in [5.74, 6) is -0.848. The van der Waals surface area contributed by atoms with Gasteiger partial charge in [0.1, 0.15) is 0 Å². The van der Waals surface area contributed by atoms with Gasteiger partial charge in [0.25, 0.3) is 5.91 Å². The first kappa shape index (κ1) is 19.6. The molecule has 1 aliphatic rings. The van der Waals surface area contributed by atoms with Crippen LogP contribution in [0.15, 0.2) is 30.5 Å². The summed E-state index contributed by atoms with van der Waals surface area (Å²) in [4.78, 5) is 19.6. The Kier molecular flexibility index (Phi) is 5.78. The molecule has 1 aromatic carbocycles. The number of nitriles is 1. The van der Waals surface area contributed by atoms with Crippen molar-refractivity contribution >= 4 is 17.5 Å². The van der Waals surface area contributed by atoms with Gasteiger partial charge < -0.3 is 10.6 Å². The number of nitrogens with zero attached hydrogens (tertiary/aromatic N) is 3. The summed E-state index contributed by atoms with van der Waals surface area (Å²) >= 11 is 0. The van der Waals surface area contributed by atoms with Crippen LogP contribution in [0.3, 0.4) is 0 Å². The molecule has 1 saturated carbocycles. The summed E-state index contributed by atoms with van der Waals surface area (Å²) in [7, 11) is 0. The summed E-state index contributed by atoms with van der Waals surface area (Å²) in [6.45, 7) is 0.344. The molecule has 28 heavy (non-hydrogen) atoms. The predicted molar refractivity (Wildman–Crippen MR) is 95.8 cm³/mol. The number of benzene rings is 1. The fraction of sp³-hybridized carbons (Fsp3) is 0.368. The number of amides is 1. The molecule has 1 fully saturated rings. The number of alkyl halides is 3. The molecular formula is C19H18F3N5O. The van der Waals surface area contributed by atoms with Crippen LogP contribution < -0.4 is 10.6 Å². The number of hydrogen-bond donors (Lipinski definition) is 2. The Hall–Kier alpha value is -3.15. The van der Waals surface area contributed by atoms with Crippen molar-refractivity contribution in [1.29, 1.82) is 5.26 Å². The Morgan fingerprint density at radius 3 is 2.71 bits per heavy atom. The quantitative estimate of drug-likeness (QED) is 0.806. The van der Waals surface area contributed by atoms with Gasteiger partial charge in [0, 0.05) is 18.4 Å². The zero-order valence-corrected chi connectivity index (χ0v) is 14.9. The van der Waals surface area contributed by atoms with Crippen molar-refractivity contribution < 1.29 is 18.0 Å². The number of carbonyl (C=O) groups excluding carboxylic acids is 1. The standard InChI is InChI=1S/C19H18F3N5O/c20-19(21,22)16-15(17(28)24-10-12-4-1-2-5-12)11-25-18(27-16)26-14-7-3-6-13(8-14)9-23/h3,6-8,11-12H,1-2,4-5,10H2,(H,24,28)(H,25,26,27). The average molecular weight is 389 g/mol. The van der Waals surface area contributed by atoms with Crippen molar-refractivity contribution in [3.05, 3.63) is 47.3 Å². The van der Waals surface area contributed by atoms with E-state index in [1.807, 2.05) is 6.07 Å². The summed E-state index contributed by atoms with van der Waals surface area (Å²) in [5.41, 5.74) is -1.21. The fourth-order valence-electron chi connectivity index (χ4n) is 3.17. The highest BCUT2D eigenvalue weighted by molar-refractivity contribution is 5.95. The molecule has 0 saturated heterocycles. The SMILES string of the molecule is N#Cc1cccc(Nc2ncc(C(=O)NCC3CCCC3)c(C(F)(F)F)n2)c1. The monoisotopic (exact) mass is 389 g/mol. The van der Waals surface area contributed by atoms with Gasteiger partial charge in [-0.05, 0) is 37.0 Å². The first-order chi connectivity index (χ1) is 13.4. The first-order valence-corrected chi connectivity index (χ1v) is 8.86. The van der Waals surface area contributed by atoms with E-state index >= 15 is 0 Å². The minimum atomic E-state index is -4.81. The first-order valence-electron chi connectivity index (χ1n) is 8.86. The van der Waals surface area contributed by atoms with Gasteiger partial charge in [-0.25, -0.2) is 9.97 Å². The third kappa shape index (κ3) is 4.76.